The van der Waals surface area contributed by atoms with Gasteiger partial charge in [0.15, 0.2) is 5.89 Å². The summed E-state index contributed by atoms with van der Waals surface area (Å²) >= 11 is 3.44. The van der Waals surface area contributed by atoms with Gasteiger partial charge in [-0.2, -0.15) is 0 Å². The van der Waals surface area contributed by atoms with Gasteiger partial charge in [0.05, 0.1) is 11.2 Å². The first-order valence-corrected chi connectivity index (χ1v) is 8.06. The van der Waals surface area contributed by atoms with Gasteiger partial charge in [0, 0.05) is 11.4 Å². The molecule has 5 heteroatoms. The van der Waals surface area contributed by atoms with Gasteiger partial charge in [0.1, 0.15) is 0 Å². The van der Waals surface area contributed by atoms with Crippen LogP contribution >= 0.6 is 15.9 Å². The highest BCUT2D eigenvalue weighted by Gasteiger charge is 2.34. The number of benzene rings is 1. The Bertz CT molecular complexity index is 676. The van der Waals surface area contributed by atoms with Crippen molar-refractivity contribution in [3.8, 4) is 0 Å². The number of hydrogen-bond donors (Lipinski definition) is 1. The maximum atomic E-state index is 12.6. The third-order valence-electron chi connectivity index (χ3n) is 4.08. The van der Waals surface area contributed by atoms with E-state index in [2.05, 4.69) is 40.1 Å². The zero-order chi connectivity index (χ0) is 16.5. The van der Waals surface area contributed by atoms with Crippen LogP contribution in [-0.4, -0.2) is 10.9 Å². The number of hydrogen-bond acceptors (Lipinski definition) is 3. The van der Waals surface area contributed by atoms with E-state index in [9.17, 15) is 4.79 Å². The SMILES string of the molecule is Cc1nc(C)c(C(=O)NC(C)(c2ccc(Br)cc2)C(C)C)o1. The van der Waals surface area contributed by atoms with E-state index in [0.717, 1.165) is 10.0 Å². The first kappa shape index (κ1) is 16.7. The molecule has 1 N–H and O–H groups in total. The van der Waals surface area contributed by atoms with Gasteiger partial charge >= 0.3 is 0 Å². The maximum absolute atomic E-state index is 12.6. The van der Waals surface area contributed by atoms with Gasteiger partial charge in [-0.3, -0.25) is 4.79 Å². The Labute approximate surface area is 139 Å². The highest BCUT2D eigenvalue weighted by Crippen LogP contribution is 2.30. The molecule has 0 saturated carbocycles. The lowest BCUT2D eigenvalue weighted by Crippen LogP contribution is -2.47. The van der Waals surface area contributed by atoms with E-state index < -0.39 is 5.54 Å². The number of carbonyl (C=O) groups excluding carboxylic acids is 1. The summed E-state index contributed by atoms with van der Waals surface area (Å²) < 4.78 is 6.44. The Hall–Kier alpha value is -1.62. The third-order valence-corrected chi connectivity index (χ3v) is 4.61. The van der Waals surface area contributed by atoms with Crippen molar-refractivity contribution in [3.05, 3.63) is 51.6 Å². The molecule has 1 atom stereocenters. The smallest absolute Gasteiger partial charge is 0.289 e. The average molecular weight is 365 g/mol. The Morgan fingerprint density at radius 1 is 1.27 bits per heavy atom. The van der Waals surface area contributed by atoms with Crippen LogP contribution in [0.25, 0.3) is 0 Å². The van der Waals surface area contributed by atoms with Crippen LogP contribution in [0.5, 0.6) is 0 Å². The molecule has 0 aliphatic heterocycles. The summed E-state index contributed by atoms with van der Waals surface area (Å²) in [5.74, 6) is 0.748. The first-order chi connectivity index (χ1) is 10.2. The van der Waals surface area contributed by atoms with E-state index in [4.69, 9.17) is 4.42 Å². The van der Waals surface area contributed by atoms with Crippen molar-refractivity contribution in [3.63, 3.8) is 0 Å². The predicted octanol–water partition coefficient (Wildman–Crippen LogP) is 4.36. The molecule has 0 aliphatic rings. The van der Waals surface area contributed by atoms with Crippen LogP contribution in [0.4, 0.5) is 0 Å². The molecular weight excluding hydrogens is 344 g/mol. The van der Waals surface area contributed by atoms with E-state index in [0.29, 0.717) is 11.6 Å². The second-order valence-corrected chi connectivity index (χ2v) is 6.88. The van der Waals surface area contributed by atoms with Gasteiger partial charge in [-0.05, 0) is 37.5 Å². The van der Waals surface area contributed by atoms with Gasteiger partial charge in [0.25, 0.3) is 5.91 Å². The summed E-state index contributed by atoms with van der Waals surface area (Å²) in [4.78, 5) is 16.7. The monoisotopic (exact) mass is 364 g/mol. The standard InChI is InChI=1S/C17H21BrN2O2/c1-10(2)17(5,13-6-8-14(18)9-7-13)20-16(21)15-11(3)19-12(4)22-15/h6-10H,1-5H3,(H,20,21). The lowest BCUT2D eigenvalue weighted by atomic mass is 9.81. The largest absolute Gasteiger partial charge is 0.436 e. The number of aryl methyl sites for hydroxylation is 2. The quantitative estimate of drug-likeness (QED) is 0.876. The number of amides is 1. The van der Waals surface area contributed by atoms with Crippen molar-refractivity contribution in [2.75, 3.05) is 0 Å². The Morgan fingerprint density at radius 3 is 2.32 bits per heavy atom. The number of halogens is 1. The molecule has 0 fully saturated rings. The lowest BCUT2D eigenvalue weighted by Gasteiger charge is -2.35. The number of rotatable bonds is 4. The predicted molar refractivity (Wildman–Crippen MR) is 89.8 cm³/mol. The molecule has 4 nitrogen and oxygen atoms in total. The van der Waals surface area contributed by atoms with Crippen molar-refractivity contribution in [1.82, 2.24) is 10.3 Å². The van der Waals surface area contributed by atoms with E-state index in [1.807, 2.05) is 31.2 Å². The first-order valence-electron chi connectivity index (χ1n) is 7.26. The fraction of sp³-hybridized carbons (Fsp3) is 0.412. The summed E-state index contributed by atoms with van der Waals surface area (Å²) in [6.45, 7) is 9.71. The molecular formula is C17H21BrN2O2. The second kappa shape index (κ2) is 6.24. The fourth-order valence-corrected chi connectivity index (χ4v) is 2.64. The molecule has 1 heterocycles. The van der Waals surface area contributed by atoms with Crippen LogP contribution in [0.1, 0.15) is 48.5 Å². The van der Waals surface area contributed by atoms with E-state index >= 15 is 0 Å². The highest BCUT2D eigenvalue weighted by atomic mass is 79.9. The van der Waals surface area contributed by atoms with Crippen LogP contribution in [0.3, 0.4) is 0 Å². The van der Waals surface area contributed by atoms with E-state index in [1.165, 1.54) is 0 Å². The highest BCUT2D eigenvalue weighted by molar-refractivity contribution is 9.10. The molecule has 1 unspecified atom stereocenters. The summed E-state index contributed by atoms with van der Waals surface area (Å²) in [5.41, 5.74) is 1.16. The average Bonchev–Trinajstić information content (AvgIpc) is 2.78. The summed E-state index contributed by atoms with van der Waals surface area (Å²) in [7, 11) is 0. The minimum atomic E-state index is -0.495. The van der Waals surface area contributed by atoms with Crippen LogP contribution in [-0.2, 0) is 5.54 Å². The van der Waals surface area contributed by atoms with Crippen molar-refractivity contribution in [2.45, 2.75) is 40.2 Å². The molecule has 118 valence electrons. The van der Waals surface area contributed by atoms with Crippen LogP contribution in [0.15, 0.2) is 33.2 Å². The van der Waals surface area contributed by atoms with Gasteiger partial charge in [-0.25, -0.2) is 4.98 Å². The van der Waals surface area contributed by atoms with Gasteiger partial charge < -0.3 is 9.73 Å². The fourth-order valence-electron chi connectivity index (χ4n) is 2.38. The molecule has 0 spiro atoms. The van der Waals surface area contributed by atoms with Gasteiger partial charge in [0.2, 0.25) is 5.76 Å². The molecule has 1 amide bonds. The van der Waals surface area contributed by atoms with Gasteiger partial charge in [-0.1, -0.05) is 41.9 Å². The van der Waals surface area contributed by atoms with Crippen LogP contribution < -0.4 is 5.32 Å². The Balaban J connectivity index is 2.34. The van der Waals surface area contributed by atoms with Crippen molar-refractivity contribution >= 4 is 21.8 Å². The van der Waals surface area contributed by atoms with Gasteiger partial charge in [-0.15, -0.1) is 0 Å². The zero-order valence-corrected chi connectivity index (χ0v) is 15.1. The van der Waals surface area contributed by atoms with Crippen molar-refractivity contribution < 1.29 is 9.21 Å². The molecule has 1 aromatic heterocycles. The minimum absolute atomic E-state index is 0.210. The third kappa shape index (κ3) is 3.24. The summed E-state index contributed by atoms with van der Waals surface area (Å²) in [5, 5.41) is 3.11. The van der Waals surface area contributed by atoms with E-state index in [1.54, 1.807) is 13.8 Å². The minimum Gasteiger partial charge on any atom is -0.436 e. The van der Waals surface area contributed by atoms with Crippen LogP contribution in [0.2, 0.25) is 0 Å². The number of carbonyl (C=O) groups is 1. The molecule has 1 aromatic carbocycles. The molecule has 2 rings (SSSR count). The summed E-state index contributed by atoms with van der Waals surface area (Å²) in [6.07, 6.45) is 0. The van der Waals surface area contributed by atoms with Crippen LogP contribution in [0, 0.1) is 19.8 Å². The van der Waals surface area contributed by atoms with E-state index in [-0.39, 0.29) is 17.6 Å². The van der Waals surface area contributed by atoms with Crippen molar-refractivity contribution in [1.29, 1.82) is 0 Å². The number of oxazole rings is 1. The molecule has 0 bridgehead atoms. The number of aromatic nitrogens is 1. The molecule has 0 saturated heterocycles. The molecule has 2 aromatic rings. The normalized spacial score (nSPS) is 14.0. The lowest BCUT2D eigenvalue weighted by molar-refractivity contribution is 0.0845. The Morgan fingerprint density at radius 2 is 1.86 bits per heavy atom. The number of nitrogens with one attached hydrogen (secondary N) is 1. The zero-order valence-electron chi connectivity index (χ0n) is 13.5. The molecule has 0 radical (unpaired) electrons. The summed E-state index contributed by atoms with van der Waals surface area (Å²) in [6, 6.07) is 7.99. The maximum Gasteiger partial charge on any atom is 0.289 e. The topological polar surface area (TPSA) is 55.1 Å². The molecule has 0 aliphatic carbocycles. The van der Waals surface area contributed by atoms with Crippen molar-refractivity contribution in [2.24, 2.45) is 5.92 Å². The Kier molecular flexibility index (Phi) is 4.75. The number of nitrogens with zero attached hydrogens (tertiary/aromatic N) is 1. The second-order valence-electron chi connectivity index (χ2n) is 5.97. The molecule has 22 heavy (non-hydrogen) atoms.